The number of nitrogens with zero attached hydrogens (tertiary/aromatic N) is 2. The number of ether oxygens (including phenoxy) is 2. The molecule has 0 aliphatic carbocycles. The van der Waals surface area contributed by atoms with Crippen LogP contribution in [0.15, 0.2) is 60.8 Å². The average molecular weight is 505 g/mol. The summed E-state index contributed by atoms with van der Waals surface area (Å²) in [6, 6.07) is 17.5. The van der Waals surface area contributed by atoms with E-state index in [1.165, 1.54) is 11.1 Å². The largest absolute Gasteiger partial charge is 0.493 e. The van der Waals surface area contributed by atoms with Crippen LogP contribution < -0.4 is 10.1 Å². The Bertz CT molecular complexity index is 1170. The second kappa shape index (κ2) is 12.2. The van der Waals surface area contributed by atoms with Gasteiger partial charge in [0.05, 0.1) is 31.0 Å². The summed E-state index contributed by atoms with van der Waals surface area (Å²) >= 11 is 0. The predicted molar refractivity (Wildman–Crippen MR) is 124 cm³/mol. The maximum atomic E-state index is 12.7. The Morgan fingerprint density at radius 1 is 1.17 bits per heavy atom. The van der Waals surface area contributed by atoms with Crippen LogP contribution >= 0.6 is 0 Å². The first-order valence-corrected chi connectivity index (χ1v) is 11.2. The first-order chi connectivity index (χ1) is 17.2. The van der Waals surface area contributed by atoms with E-state index in [9.17, 15) is 18.0 Å². The van der Waals surface area contributed by atoms with E-state index in [1.807, 2.05) is 41.9 Å². The van der Waals surface area contributed by atoms with Gasteiger partial charge in [0.1, 0.15) is 11.9 Å². The van der Waals surface area contributed by atoms with Gasteiger partial charge in [-0.3, -0.25) is 9.48 Å². The zero-order chi connectivity index (χ0) is 26.1. The van der Waals surface area contributed by atoms with Gasteiger partial charge >= 0.3 is 12.1 Å². The lowest BCUT2D eigenvalue weighted by atomic mass is 10.1. The maximum absolute atomic E-state index is 12.7. The number of hydrogen-bond donors (Lipinski definition) is 2. The molecule has 0 bridgehead atoms. The van der Waals surface area contributed by atoms with Gasteiger partial charge in [-0.2, -0.15) is 18.3 Å². The number of alkyl halides is 3. The maximum Gasteiger partial charge on any atom is 0.490 e. The van der Waals surface area contributed by atoms with E-state index >= 15 is 0 Å². The minimum absolute atomic E-state index is 0.173. The molecule has 8 nitrogen and oxygen atoms in total. The van der Waals surface area contributed by atoms with Crippen molar-refractivity contribution < 1.29 is 37.3 Å². The van der Waals surface area contributed by atoms with Crippen molar-refractivity contribution in [2.24, 2.45) is 0 Å². The summed E-state index contributed by atoms with van der Waals surface area (Å²) < 4.78 is 45.2. The van der Waals surface area contributed by atoms with Gasteiger partial charge in [-0.05, 0) is 36.6 Å². The fraction of sp³-hybridized carbons (Fsp3) is 0.320. The van der Waals surface area contributed by atoms with E-state index in [4.69, 9.17) is 24.5 Å². The number of benzene rings is 2. The van der Waals surface area contributed by atoms with Crippen molar-refractivity contribution >= 4 is 11.9 Å². The molecule has 2 N–H and O–H groups in total. The van der Waals surface area contributed by atoms with Crippen molar-refractivity contribution in [3.63, 3.8) is 0 Å². The van der Waals surface area contributed by atoms with Gasteiger partial charge in [0.25, 0.3) is 5.91 Å². The van der Waals surface area contributed by atoms with Gasteiger partial charge in [0, 0.05) is 12.7 Å². The molecule has 36 heavy (non-hydrogen) atoms. The summed E-state index contributed by atoms with van der Waals surface area (Å²) in [6.07, 6.45) is -2.41. The smallest absolute Gasteiger partial charge is 0.490 e. The SMILES string of the molecule is CCOc1ccccc1C(=O)NCC1OCCc2cn(Cc3ccccc3)nc21.O=C(O)C(F)(F)F. The highest BCUT2D eigenvalue weighted by Crippen LogP contribution is 2.26. The lowest BCUT2D eigenvalue weighted by Crippen LogP contribution is -2.32. The van der Waals surface area contributed by atoms with E-state index in [0.717, 1.165) is 12.1 Å². The van der Waals surface area contributed by atoms with Gasteiger partial charge in [-0.25, -0.2) is 4.79 Å². The topological polar surface area (TPSA) is 103 Å². The van der Waals surface area contributed by atoms with E-state index in [0.29, 0.717) is 37.6 Å². The minimum atomic E-state index is -5.08. The van der Waals surface area contributed by atoms with Crippen molar-refractivity contribution in [2.45, 2.75) is 32.2 Å². The quantitative estimate of drug-likeness (QED) is 0.503. The fourth-order valence-electron chi connectivity index (χ4n) is 3.55. The number of carboxylic acid groups (broad SMARTS) is 1. The Hall–Kier alpha value is -3.86. The third-order valence-electron chi connectivity index (χ3n) is 5.17. The zero-order valence-electron chi connectivity index (χ0n) is 19.5. The summed E-state index contributed by atoms with van der Waals surface area (Å²) in [4.78, 5) is 21.6. The Kier molecular flexibility index (Phi) is 9.07. The van der Waals surface area contributed by atoms with E-state index in [1.54, 1.807) is 12.1 Å². The molecule has 1 aliphatic rings. The highest BCUT2D eigenvalue weighted by molar-refractivity contribution is 5.96. The average Bonchev–Trinajstić information content (AvgIpc) is 3.26. The molecular formula is C25H26F3N3O5. The minimum Gasteiger partial charge on any atom is -0.493 e. The van der Waals surface area contributed by atoms with Gasteiger partial charge in [0.2, 0.25) is 0 Å². The van der Waals surface area contributed by atoms with Crippen molar-refractivity contribution in [3.05, 3.63) is 83.2 Å². The van der Waals surface area contributed by atoms with Crippen LogP contribution in [0.3, 0.4) is 0 Å². The molecule has 0 saturated heterocycles. The van der Waals surface area contributed by atoms with Crippen LogP contribution in [0.2, 0.25) is 0 Å². The molecule has 2 heterocycles. The fourth-order valence-corrected chi connectivity index (χ4v) is 3.55. The zero-order valence-corrected chi connectivity index (χ0v) is 19.5. The van der Waals surface area contributed by atoms with Crippen LogP contribution in [-0.2, 0) is 22.5 Å². The monoisotopic (exact) mass is 505 g/mol. The van der Waals surface area contributed by atoms with E-state index in [-0.39, 0.29) is 12.0 Å². The number of fused-ring (bicyclic) bond motifs is 1. The molecule has 0 spiro atoms. The number of aromatic nitrogens is 2. The predicted octanol–water partition coefficient (Wildman–Crippen LogP) is 4.01. The molecule has 192 valence electrons. The summed E-state index contributed by atoms with van der Waals surface area (Å²) in [6.45, 7) is 4.12. The van der Waals surface area contributed by atoms with Crippen LogP contribution in [0.5, 0.6) is 5.75 Å². The lowest BCUT2D eigenvalue weighted by Gasteiger charge is -2.22. The van der Waals surface area contributed by atoms with Crippen LogP contribution in [0.25, 0.3) is 0 Å². The second-order valence-corrected chi connectivity index (χ2v) is 7.77. The third kappa shape index (κ3) is 7.32. The van der Waals surface area contributed by atoms with Crippen LogP contribution in [0, 0.1) is 0 Å². The number of carbonyl (C=O) groups excluding carboxylic acids is 1. The summed E-state index contributed by atoms with van der Waals surface area (Å²) in [5.41, 5.74) is 3.82. The summed E-state index contributed by atoms with van der Waals surface area (Å²) in [7, 11) is 0. The van der Waals surface area contributed by atoms with E-state index in [2.05, 4.69) is 23.6 Å². The number of hydrogen-bond acceptors (Lipinski definition) is 5. The number of halogens is 3. The van der Waals surface area contributed by atoms with Crippen molar-refractivity contribution in [3.8, 4) is 5.75 Å². The molecule has 2 aromatic carbocycles. The summed E-state index contributed by atoms with van der Waals surface area (Å²) in [5, 5.41) is 14.8. The summed E-state index contributed by atoms with van der Waals surface area (Å²) in [5.74, 6) is -2.34. The van der Waals surface area contributed by atoms with Crippen molar-refractivity contribution in [2.75, 3.05) is 19.8 Å². The van der Waals surface area contributed by atoms with Gasteiger partial charge in [0.15, 0.2) is 0 Å². The molecular weight excluding hydrogens is 479 g/mol. The first kappa shape index (κ1) is 26.7. The first-order valence-electron chi connectivity index (χ1n) is 11.2. The Morgan fingerprint density at radius 2 is 1.83 bits per heavy atom. The Morgan fingerprint density at radius 3 is 2.50 bits per heavy atom. The highest BCUT2D eigenvalue weighted by atomic mass is 19.4. The standard InChI is InChI=1S/C23H25N3O3.C2HF3O2/c1-2-28-20-11-7-6-10-19(20)23(27)24-14-21-22-18(12-13-29-21)16-26(25-22)15-17-8-4-3-5-9-17;3-2(4,5)1(6)7/h3-11,16,21H,2,12-15H2,1H3,(H,24,27);(H,6,7). The number of para-hydroxylation sites is 1. The Labute approximate surface area is 205 Å². The van der Waals surface area contributed by atoms with Crippen LogP contribution in [-0.4, -0.2) is 52.7 Å². The van der Waals surface area contributed by atoms with Gasteiger partial charge < -0.3 is 19.9 Å². The molecule has 11 heteroatoms. The molecule has 1 aromatic heterocycles. The number of carbonyl (C=O) groups is 2. The second-order valence-electron chi connectivity index (χ2n) is 7.77. The molecule has 0 fully saturated rings. The molecule has 0 saturated carbocycles. The molecule has 1 amide bonds. The lowest BCUT2D eigenvalue weighted by molar-refractivity contribution is -0.192. The number of rotatable bonds is 7. The molecule has 3 aromatic rings. The number of amides is 1. The number of nitrogens with one attached hydrogen (secondary N) is 1. The van der Waals surface area contributed by atoms with Gasteiger partial charge in [-0.1, -0.05) is 42.5 Å². The van der Waals surface area contributed by atoms with Crippen molar-refractivity contribution in [1.29, 1.82) is 0 Å². The molecule has 1 unspecified atom stereocenters. The van der Waals surface area contributed by atoms with Gasteiger partial charge in [-0.15, -0.1) is 0 Å². The molecule has 0 radical (unpaired) electrons. The van der Waals surface area contributed by atoms with Crippen LogP contribution in [0.4, 0.5) is 13.2 Å². The molecule has 4 rings (SSSR count). The molecule has 1 aliphatic heterocycles. The molecule has 1 atom stereocenters. The highest BCUT2D eigenvalue weighted by Gasteiger charge is 2.38. The normalized spacial score (nSPS) is 14.7. The number of aliphatic carboxylic acids is 1. The number of carboxylic acids is 1. The third-order valence-corrected chi connectivity index (χ3v) is 5.17. The van der Waals surface area contributed by atoms with Crippen molar-refractivity contribution in [1.82, 2.24) is 15.1 Å². The van der Waals surface area contributed by atoms with E-state index < -0.39 is 12.1 Å². The van der Waals surface area contributed by atoms with Crippen LogP contribution in [0.1, 0.15) is 40.2 Å². The Balaban J connectivity index is 0.000000454.